The molecule has 0 unspecified atom stereocenters. The number of halogens is 2. The van der Waals surface area contributed by atoms with Gasteiger partial charge in [0.15, 0.2) is 0 Å². The topological polar surface area (TPSA) is 124 Å². The van der Waals surface area contributed by atoms with Crippen LogP contribution in [0.1, 0.15) is 175 Å². The van der Waals surface area contributed by atoms with Gasteiger partial charge in [0.05, 0.1) is 37.6 Å². The Morgan fingerprint density at radius 3 is 0.909 bits per heavy atom. The maximum Gasteiger partial charge on any atom is 0.346 e. The van der Waals surface area contributed by atoms with Crippen LogP contribution in [0.2, 0.25) is 0 Å². The zero-order chi connectivity index (χ0) is 47.5. The maximum atomic E-state index is 14.9. The van der Waals surface area contributed by atoms with Crippen molar-refractivity contribution >= 4 is 23.9 Å². The van der Waals surface area contributed by atoms with Crippen molar-refractivity contribution in [2.24, 2.45) is 0 Å². The lowest BCUT2D eigenvalue weighted by molar-refractivity contribution is -0.138. The fourth-order valence-electron chi connectivity index (χ4n) is 7.19. The van der Waals surface area contributed by atoms with Crippen molar-refractivity contribution in [2.75, 3.05) is 26.4 Å². The Morgan fingerprint density at radius 1 is 0.379 bits per heavy atom. The Balaban J connectivity index is 1.21. The molecule has 0 fully saturated rings. The van der Waals surface area contributed by atoms with Crippen molar-refractivity contribution in [3.05, 3.63) is 109 Å². The van der Waals surface area contributed by atoms with Crippen LogP contribution in [-0.2, 0) is 19.1 Å². The number of carbonyl (C=O) groups is 4. The zero-order valence-electron chi connectivity index (χ0n) is 39.0. The van der Waals surface area contributed by atoms with Gasteiger partial charge in [-0.15, -0.1) is 0 Å². The largest absolute Gasteiger partial charge is 0.493 e. The lowest BCUT2D eigenvalue weighted by Gasteiger charge is -2.10. The van der Waals surface area contributed by atoms with E-state index in [0.717, 1.165) is 77.0 Å². The first-order valence-corrected chi connectivity index (χ1v) is 24.2. The van der Waals surface area contributed by atoms with E-state index in [9.17, 15) is 28.0 Å². The monoisotopic (exact) mass is 919 g/mol. The molecule has 0 amide bonds. The first-order valence-electron chi connectivity index (χ1n) is 24.2. The van der Waals surface area contributed by atoms with Crippen LogP contribution < -0.4 is 18.9 Å². The molecule has 0 heterocycles. The summed E-state index contributed by atoms with van der Waals surface area (Å²) < 4.78 is 61.8. The van der Waals surface area contributed by atoms with Crippen LogP contribution in [0.4, 0.5) is 8.78 Å². The minimum Gasteiger partial charge on any atom is -0.493 e. The first-order chi connectivity index (χ1) is 32.2. The summed E-state index contributed by atoms with van der Waals surface area (Å²) >= 11 is 0. The van der Waals surface area contributed by atoms with Crippen molar-refractivity contribution in [2.45, 2.75) is 154 Å². The number of unbranched alkanes of at least 4 members (excludes halogenated alkanes) is 22. The van der Waals surface area contributed by atoms with E-state index in [2.05, 4.69) is 13.2 Å². The smallest absolute Gasteiger partial charge is 0.346 e. The van der Waals surface area contributed by atoms with Crippen LogP contribution in [0.25, 0.3) is 0 Å². The highest BCUT2D eigenvalue weighted by Gasteiger charge is 2.18. The normalized spacial score (nSPS) is 10.8. The Labute approximate surface area is 391 Å². The molecule has 0 aliphatic heterocycles. The van der Waals surface area contributed by atoms with E-state index < -0.39 is 23.6 Å². The summed E-state index contributed by atoms with van der Waals surface area (Å²) in [5.74, 6) is -3.18. The Morgan fingerprint density at radius 2 is 0.636 bits per heavy atom. The molecule has 0 saturated carbocycles. The predicted molar refractivity (Wildman–Crippen MR) is 253 cm³/mol. The lowest BCUT2D eigenvalue weighted by atomic mass is 10.1. The molecule has 0 aromatic heterocycles. The Hall–Kier alpha value is -5.52. The molecule has 362 valence electrons. The number of rotatable bonds is 38. The van der Waals surface area contributed by atoms with Crippen LogP contribution >= 0.6 is 0 Å². The molecule has 0 N–H and O–H groups in total. The number of carbonyl (C=O) groups excluding carboxylic acids is 4. The molecular formula is C54H72F2O10. The average Bonchev–Trinajstić information content (AvgIpc) is 3.31. The molecule has 12 heteroatoms. The third-order valence-electron chi connectivity index (χ3n) is 11.0. The highest BCUT2D eigenvalue weighted by Crippen LogP contribution is 2.24. The summed E-state index contributed by atoms with van der Waals surface area (Å²) in [4.78, 5) is 47.5. The van der Waals surface area contributed by atoms with Crippen LogP contribution in [0.5, 0.6) is 23.0 Å². The van der Waals surface area contributed by atoms with Crippen molar-refractivity contribution < 1.29 is 56.4 Å². The zero-order valence-corrected chi connectivity index (χ0v) is 39.0. The summed E-state index contributed by atoms with van der Waals surface area (Å²) in [7, 11) is 0. The van der Waals surface area contributed by atoms with E-state index in [0.29, 0.717) is 37.9 Å². The van der Waals surface area contributed by atoms with Gasteiger partial charge in [0.2, 0.25) is 0 Å². The first kappa shape index (κ1) is 54.8. The summed E-state index contributed by atoms with van der Waals surface area (Å²) in [6.07, 6.45) is 29.2. The van der Waals surface area contributed by atoms with Gasteiger partial charge in [-0.1, -0.05) is 142 Å². The molecule has 3 rings (SSSR count). The summed E-state index contributed by atoms with van der Waals surface area (Å²) in [5.41, 5.74) is -0.506. The van der Waals surface area contributed by atoms with Crippen molar-refractivity contribution in [3.63, 3.8) is 0 Å². The number of hydrogen-bond acceptors (Lipinski definition) is 10. The van der Waals surface area contributed by atoms with Gasteiger partial charge in [-0.05, 0) is 74.2 Å². The third-order valence-corrected chi connectivity index (χ3v) is 11.0. The van der Waals surface area contributed by atoms with E-state index in [1.165, 1.54) is 150 Å². The minimum atomic E-state index is -0.898. The molecule has 0 aliphatic rings. The van der Waals surface area contributed by atoms with Crippen LogP contribution in [0, 0.1) is 11.6 Å². The molecule has 0 spiro atoms. The average molecular weight is 919 g/mol. The molecule has 0 saturated heterocycles. The van der Waals surface area contributed by atoms with E-state index in [4.69, 9.17) is 28.4 Å². The second kappa shape index (κ2) is 34.8. The van der Waals surface area contributed by atoms with Gasteiger partial charge in [0.1, 0.15) is 34.6 Å². The third kappa shape index (κ3) is 24.7. The maximum absolute atomic E-state index is 14.9. The lowest BCUT2D eigenvalue weighted by Crippen LogP contribution is -2.12. The predicted octanol–water partition coefficient (Wildman–Crippen LogP) is 14.0. The van der Waals surface area contributed by atoms with E-state index in [1.54, 1.807) is 0 Å². The molecule has 10 nitrogen and oxygen atoms in total. The van der Waals surface area contributed by atoms with Gasteiger partial charge in [-0.25, -0.2) is 28.0 Å². The molecule has 0 bridgehead atoms. The molecule has 66 heavy (non-hydrogen) atoms. The number of hydrogen-bond donors (Lipinski definition) is 0. The molecule has 3 aromatic rings. The highest BCUT2D eigenvalue weighted by atomic mass is 19.1. The SMILES string of the molecule is C=CC(=O)OCCCCCCCCCCCCCCOc1ccc(C(=O)Oc2ccc(OC(=O)c3ccc(OCCCCCCCCCCCCCCOC(=O)C=C)cc3F)cc2)c(F)c1. The summed E-state index contributed by atoms with van der Waals surface area (Å²) in [6.45, 7) is 8.60. The number of esters is 4. The summed E-state index contributed by atoms with van der Waals surface area (Å²) in [5, 5.41) is 0. The van der Waals surface area contributed by atoms with Gasteiger partial charge >= 0.3 is 23.9 Å². The quantitative estimate of drug-likeness (QED) is 0.0237. The Bertz CT molecular complexity index is 1740. The second-order valence-electron chi connectivity index (χ2n) is 16.5. The Kier molecular flexibility index (Phi) is 28.9. The van der Waals surface area contributed by atoms with Gasteiger partial charge in [0.25, 0.3) is 0 Å². The fourth-order valence-corrected chi connectivity index (χ4v) is 7.19. The van der Waals surface area contributed by atoms with E-state index in [-0.39, 0.29) is 34.6 Å². The van der Waals surface area contributed by atoms with Crippen LogP contribution in [-0.4, -0.2) is 50.3 Å². The highest BCUT2D eigenvalue weighted by molar-refractivity contribution is 5.92. The van der Waals surface area contributed by atoms with Gasteiger partial charge in [0, 0.05) is 24.3 Å². The molecule has 0 atom stereocenters. The van der Waals surface area contributed by atoms with E-state index in [1.807, 2.05) is 0 Å². The van der Waals surface area contributed by atoms with E-state index >= 15 is 0 Å². The molecule has 0 aliphatic carbocycles. The minimum absolute atomic E-state index is 0.103. The van der Waals surface area contributed by atoms with Crippen LogP contribution in [0.15, 0.2) is 86.0 Å². The van der Waals surface area contributed by atoms with Gasteiger partial charge < -0.3 is 28.4 Å². The molecule has 3 aromatic carbocycles. The van der Waals surface area contributed by atoms with Crippen molar-refractivity contribution in [1.82, 2.24) is 0 Å². The van der Waals surface area contributed by atoms with Crippen molar-refractivity contribution in [1.29, 1.82) is 0 Å². The second-order valence-corrected chi connectivity index (χ2v) is 16.5. The van der Waals surface area contributed by atoms with Crippen LogP contribution in [0.3, 0.4) is 0 Å². The number of benzene rings is 3. The summed E-state index contributed by atoms with van der Waals surface area (Å²) in [6, 6.07) is 13.6. The molecular weight excluding hydrogens is 847 g/mol. The van der Waals surface area contributed by atoms with Gasteiger partial charge in [-0.3, -0.25) is 0 Å². The standard InChI is InChI=1S/C54H72F2O10/c1-3-51(57)63-39-27-23-19-15-11-7-5-9-13-17-21-25-37-61-45-33-35-47(49(55)41-45)53(59)65-43-29-31-44(32-30-43)66-54(60)48-36-34-46(42-50(48)56)62-38-26-22-18-14-10-6-8-12-16-20-24-28-40-64-52(58)4-2/h3-4,29-36,41-42H,1-2,5-28,37-40H2. The molecule has 0 radical (unpaired) electrons. The van der Waals surface area contributed by atoms with Gasteiger partial charge in [-0.2, -0.15) is 0 Å². The van der Waals surface area contributed by atoms with Crippen molar-refractivity contribution in [3.8, 4) is 23.0 Å². The number of ether oxygens (including phenoxy) is 6. The fraction of sp³-hybridized carbons (Fsp3) is 0.519.